The number of benzene rings is 1. The SMILES string of the molecule is CCOC(=O)CC#Cc1cc(F)ccc1C(N)=O. The standard InChI is InChI=1S/C13H12FNO3/c1-2-18-12(16)5-3-4-9-8-10(14)6-7-11(9)13(15)17/h6-8H,2,5H2,1H3,(H2,15,17). The second-order valence-electron chi connectivity index (χ2n) is 3.34. The maximum Gasteiger partial charge on any atom is 0.317 e. The van der Waals surface area contributed by atoms with E-state index >= 15 is 0 Å². The highest BCUT2D eigenvalue weighted by atomic mass is 19.1. The lowest BCUT2D eigenvalue weighted by Crippen LogP contribution is -2.13. The number of halogens is 1. The molecule has 1 amide bonds. The molecule has 0 saturated carbocycles. The van der Waals surface area contributed by atoms with Crippen molar-refractivity contribution in [3.05, 3.63) is 35.1 Å². The molecule has 0 heterocycles. The van der Waals surface area contributed by atoms with Crippen LogP contribution >= 0.6 is 0 Å². The Morgan fingerprint density at radius 1 is 1.44 bits per heavy atom. The number of nitrogens with two attached hydrogens (primary N) is 1. The van der Waals surface area contributed by atoms with Gasteiger partial charge in [0.1, 0.15) is 12.2 Å². The maximum atomic E-state index is 13.0. The predicted octanol–water partition coefficient (Wildman–Crippen LogP) is 1.23. The molecular formula is C13H12FNO3. The van der Waals surface area contributed by atoms with Crippen LogP contribution in [0.15, 0.2) is 18.2 Å². The highest BCUT2D eigenvalue weighted by molar-refractivity contribution is 5.95. The second-order valence-corrected chi connectivity index (χ2v) is 3.34. The van der Waals surface area contributed by atoms with Crippen molar-refractivity contribution in [2.45, 2.75) is 13.3 Å². The highest BCUT2D eigenvalue weighted by Gasteiger charge is 2.07. The number of hydrogen-bond acceptors (Lipinski definition) is 3. The Morgan fingerprint density at radius 2 is 2.17 bits per heavy atom. The van der Waals surface area contributed by atoms with Crippen molar-refractivity contribution in [3.8, 4) is 11.8 Å². The Bertz CT molecular complexity index is 529. The molecule has 0 aliphatic carbocycles. The van der Waals surface area contributed by atoms with Gasteiger partial charge in [-0.25, -0.2) is 4.39 Å². The van der Waals surface area contributed by atoms with Gasteiger partial charge in [-0.2, -0.15) is 0 Å². The number of rotatable bonds is 3. The van der Waals surface area contributed by atoms with Gasteiger partial charge in [-0.05, 0) is 25.1 Å². The van der Waals surface area contributed by atoms with E-state index in [0.717, 1.165) is 12.1 Å². The Hall–Kier alpha value is -2.35. The minimum atomic E-state index is -0.699. The summed E-state index contributed by atoms with van der Waals surface area (Å²) in [6, 6.07) is 3.47. The van der Waals surface area contributed by atoms with Crippen molar-refractivity contribution < 1.29 is 18.7 Å². The molecule has 1 aromatic rings. The second kappa shape index (κ2) is 6.40. The van der Waals surface area contributed by atoms with Crippen LogP contribution in [0, 0.1) is 17.7 Å². The van der Waals surface area contributed by atoms with Crippen molar-refractivity contribution >= 4 is 11.9 Å². The normalized spacial score (nSPS) is 9.22. The fourth-order valence-electron chi connectivity index (χ4n) is 1.26. The van der Waals surface area contributed by atoms with E-state index in [1.54, 1.807) is 6.92 Å². The highest BCUT2D eigenvalue weighted by Crippen LogP contribution is 2.09. The van der Waals surface area contributed by atoms with E-state index < -0.39 is 17.7 Å². The summed E-state index contributed by atoms with van der Waals surface area (Å²) in [5.74, 6) is 3.35. The minimum Gasteiger partial charge on any atom is -0.465 e. The monoisotopic (exact) mass is 249 g/mol. The lowest BCUT2D eigenvalue weighted by Gasteiger charge is -1.99. The van der Waals surface area contributed by atoms with Crippen LogP contribution in [-0.2, 0) is 9.53 Å². The molecule has 0 atom stereocenters. The molecule has 0 fully saturated rings. The van der Waals surface area contributed by atoms with Gasteiger partial charge < -0.3 is 10.5 Å². The molecule has 1 rings (SSSR count). The molecule has 4 nitrogen and oxygen atoms in total. The minimum absolute atomic E-state index is 0.118. The van der Waals surface area contributed by atoms with Gasteiger partial charge in [0.15, 0.2) is 0 Å². The molecule has 0 saturated heterocycles. The van der Waals surface area contributed by atoms with Crippen molar-refractivity contribution in [2.75, 3.05) is 6.61 Å². The number of carbonyl (C=O) groups excluding carboxylic acids is 2. The molecule has 0 aliphatic heterocycles. The van der Waals surface area contributed by atoms with Gasteiger partial charge >= 0.3 is 5.97 Å². The van der Waals surface area contributed by atoms with E-state index in [9.17, 15) is 14.0 Å². The summed E-state index contributed by atoms with van der Waals surface area (Å²) in [6.07, 6.45) is -0.122. The van der Waals surface area contributed by atoms with Gasteiger partial charge in [0.25, 0.3) is 0 Å². The summed E-state index contributed by atoms with van der Waals surface area (Å²) in [4.78, 5) is 22.1. The fraction of sp³-hybridized carbons (Fsp3) is 0.231. The third kappa shape index (κ3) is 3.91. The molecule has 0 aromatic heterocycles. The van der Waals surface area contributed by atoms with Crippen LogP contribution in [0.5, 0.6) is 0 Å². The van der Waals surface area contributed by atoms with Gasteiger partial charge in [-0.1, -0.05) is 11.8 Å². The smallest absolute Gasteiger partial charge is 0.317 e. The van der Waals surface area contributed by atoms with E-state index in [2.05, 4.69) is 16.6 Å². The Morgan fingerprint density at radius 3 is 2.78 bits per heavy atom. The molecule has 5 heteroatoms. The van der Waals surface area contributed by atoms with E-state index in [1.165, 1.54) is 6.07 Å². The molecule has 18 heavy (non-hydrogen) atoms. The van der Waals surface area contributed by atoms with Gasteiger partial charge in [0.2, 0.25) is 5.91 Å². The quantitative estimate of drug-likeness (QED) is 0.647. The number of hydrogen-bond donors (Lipinski definition) is 1. The summed E-state index contributed by atoms with van der Waals surface area (Å²) < 4.78 is 17.7. The van der Waals surface area contributed by atoms with E-state index in [0.29, 0.717) is 0 Å². The van der Waals surface area contributed by atoms with Gasteiger partial charge in [0, 0.05) is 5.56 Å². The molecule has 94 valence electrons. The van der Waals surface area contributed by atoms with Crippen LogP contribution in [0.3, 0.4) is 0 Å². The molecule has 0 unspecified atom stereocenters. The van der Waals surface area contributed by atoms with Gasteiger partial charge in [0.05, 0.1) is 12.2 Å². The number of carbonyl (C=O) groups is 2. The Labute approximate surface area is 104 Å². The fourth-order valence-corrected chi connectivity index (χ4v) is 1.26. The average molecular weight is 249 g/mol. The molecule has 0 radical (unpaired) electrons. The number of ether oxygens (including phenoxy) is 1. The number of esters is 1. The molecule has 0 bridgehead atoms. The topological polar surface area (TPSA) is 69.4 Å². The van der Waals surface area contributed by atoms with E-state index in [1.807, 2.05) is 0 Å². The van der Waals surface area contributed by atoms with Crippen molar-refractivity contribution in [2.24, 2.45) is 5.73 Å². The van der Waals surface area contributed by atoms with Crippen LogP contribution in [0.25, 0.3) is 0 Å². The van der Waals surface area contributed by atoms with E-state index in [-0.39, 0.29) is 24.2 Å². The lowest BCUT2D eigenvalue weighted by molar-refractivity contribution is -0.141. The summed E-state index contributed by atoms with van der Waals surface area (Å²) in [7, 11) is 0. The van der Waals surface area contributed by atoms with E-state index in [4.69, 9.17) is 5.73 Å². The zero-order chi connectivity index (χ0) is 13.5. The largest absolute Gasteiger partial charge is 0.465 e. The van der Waals surface area contributed by atoms with Gasteiger partial charge in [-0.15, -0.1) is 0 Å². The van der Waals surface area contributed by atoms with Crippen molar-refractivity contribution in [1.82, 2.24) is 0 Å². The summed E-state index contributed by atoms with van der Waals surface area (Å²) in [5.41, 5.74) is 5.40. The van der Waals surface area contributed by atoms with Gasteiger partial charge in [-0.3, -0.25) is 9.59 Å². The molecular weight excluding hydrogens is 237 g/mol. The number of primary amides is 1. The van der Waals surface area contributed by atoms with Crippen LogP contribution in [0.2, 0.25) is 0 Å². The number of amides is 1. The zero-order valence-corrected chi connectivity index (χ0v) is 9.83. The average Bonchev–Trinajstić information content (AvgIpc) is 2.29. The third-order valence-electron chi connectivity index (χ3n) is 2.01. The summed E-state index contributed by atoms with van der Waals surface area (Å²) in [6.45, 7) is 1.95. The van der Waals surface area contributed by atoms with Crippen LogP contribution < -0.4 is 5.73 Å². The zero-order valence-electron chi connectivity index (χ0n) is 9.83. The van der Waals surface area contributed by atoms with Crippen LogP contribution in [0.1, 0.15) is 29.3 Å². The molecule has 2 N–H and O–H groups in total. The Kier molecular flexibility index (Phi) is 4.88. The van der Waals surface area contributed by atoms with Crippen molar-refractivity contribution in [3.63, 3.8) is 0 Å². The third-order valence-corrected chi connectivity index (χ3v) is 2.01. The first-order chi connectivity index (χ1) is 8.54. The first-order valence-corrected chi connectivity index (χ1v) is 5.28. The molecule has 0 spiro atoms. The molecule has 1 aromatic carbocycles. The maximum absolute atomic E-state index is 13.0. The summed E-state index contributed by atoms with van der Waals surface area (Å²) in [5, 5.41) is 0. The molecule has 0 aliphatic rings. The lowest BCUT2D eigenvalue weighted by atomic mass is 10.1. The van der Waals surface area contributed by atoms with Crippen molar-refractivity contribution in [1.29, 1.82) is 0 Å². The summed E-state index contributed by atoms with van der Waals surface area (Å²) >= 11 is 0. The predicted molar refractivity (Wildman–Crippen MR) is 63.0 cm³/mol. The Balaban J connectivity index is 2.90. The first-order valence-electron chi connectivity index (χ1n) is 5.28. The first kappa shape index (κ1) is 13.7. The van der Waals surface area contributed by atoms with Crippen LogP contribution in [-0.4, -0.2) is 18.5 Å². The van der Waals surface area contributed by atoms with Crippen LogP contribution in [0.4, 0.5) is 4.39 Å².